The van der Waals surface area contributed by atoms with Gasteiger partial charge in [-0.25, -0.2) is 8.42 Å². The molecule has 0 aliphatic carbocycles. The highest BCUT2D eigenvalue weighted by atomic mass is 32.2. The van der Waals surface area contributed by atoms with Gasteiger partial charge in [-0.2, -0.15) is 0 Å². The van der Waals surface area contributed by atoms with Gasteiger partial charge in [-0.1, -0.05) is 5.10 Å². The molecule has 124 valence electrons. The fourth-order valence-corrected chi connectivity index (χ4v) is 2.66. The van der Waals surface area contributed by atoms with Crippen molar-refractivity contribution in [1.82, 2.24) is 10.2 Å². The normalized spacial score (nSPS) is 11.2. The van der Waals surface area contributed by atoms with Crippen LogP contribution in [0.1, 0.15) is 0 Å². The number of sulfone groups is 1. The molecule has 0 bridgehead atoms. The number of nitrogens with one attached hydrogen (secondary N) is 1. The van der Waals surface area contributed by atoms with E-state index in [9.17, 15) is 8.42 Å². The highest BCUT2D eigenvalue weighted by Gasteiger charge is 2.11. The van der Waals surface area contributed by atoms with Crippen molar-refractivity contribution in [3.05, 3.63) is 48.5 Å². The molecule has 1 aromatic heterocycles. The number of nitrogens with zero attached hydrogens (tertiary/aromatic N) is 2. The monoisotopic (exact) mass is 345 g/mol. The molecule has 0 atom stereocenters. The maximum atomic E-state index is 11.5. The number of rotatable bonds is 5. The van der Waals surface area contributed by atoms with Crippen molar-refractivity contribution in [2.24, 2.45) is 0 Å². The quantitative estimate of drug-likeness (QED) is 0.759. The summed E-state index contributed by atoms with van der Waals surface area (Å²) >= 11 is 0. The number of benzene rings is 2. The Balaban J connectivity index is 1.77. The maximum Gasteiger partial charge on any atom is 0.320 e. The van der Waals surface area contributed by atoms with E-state index in [4.69, 9.17) is 9.15 Å². The maximum absolute atomic E-state index is 11.5. The Bertz CT molecular complexity index is 932. The van der Waals surface area contributed by atoms with E-state index in [1.54, 1.807) is 19.2 Å². The Hall–Kier alpha value is -2.87. The lowest BCUT2D eigenvalue weighted by atomic mass is 10.2. The molecule has 0 amide bonds. The minimum atomic E-state index is -3.23. The molecule has 7 nitrogen and oxygen atoms in total. The Labute approximate surface area is 139 Å². The molecule has 3 aromatic rings. The summed E-state index contributed by atoms with van der Waals surface area (Å²) in [6.45, 7) is 0. The molecule has 0 aliphatic heterocycles. The van der Waals surface area contributed by atoms with Gasteiger partial charge in [0.2, 0.25) is 5.89 Å². The Morgan fingerprint density at radius 3 is 2.25 bits per heavy atom. The Morgan fingerprint density at radius 2 is 1.67 bits per heavy atom. The van der Waals surface area contributed by atoms with Crippen LogP contribution in [0, 0.1) is 0 Å². The van der Waals surface area contributed by atoms with Crippen LogP contribution in [0.4, 0.5) is 11.7 Å². The van der Waals surface area contributed by atoms with Gasteiger partial charge in [-0.3, -0.25) is 0 Å². The van der Waals surface area contributed by atoms with Gasteiger partial charge >= 0.3 is 6.01 Å². The van der Waals surface area contributed by atoms with E-state index < -0.39 is 9.84 Å². The fourth-order valence-electron chi connectivity index (χ4n) is 2.03. The van der Waals surface area contributed by atoms with Gasteiger partial charge in [-0.15, -0.1) is 5.10 Å². The molecule has 0 unspecified atom stereocenters. The molecular weight excluding hydrogens is 330 g/mol. The van der Waals surface area contributed by atoms with Crippen LogP contribution in [0.3, 0.4) is 0 Å². The van der Waals surface area contributed by atoms with Gasteiger partial charge in [0, 0.05) is 17.5 Å². The average Bonchev–Trinajstić information content (AvgIpc) is 3.03. The first kappa shape index (κ1) is 16.0. The molecule has 0 radical (unpaired) electrons. The van der Waals surface area contributed by atoms with Crippen LogP contribution in [0.5, 0.6) is 5.75 Å². The standard InChI is InChI=1S/C16H15N3O4S/c1-22-13-7-5-12(6-8-13)17-16-19-18-15(23-16)11-3-9-14(10-4-11)24(2,20)21/h3-10H,1-2H3,(H,17,19). The zero-order chi connectivity index (χ0) is 17.2. The third-order valence-electron chi connectivity index (χ3n) is 3.30. The van der Waals surface area contributed by atoms with E-state index in [1.807, 2.05) is 24.3 Å². The van der Waals surface area contributed by atoms with Crippen LogP contribution in [0.15, 0.2) is 57.8 Å². The predicted molar refractivity (Wildman–Crippen MR) is 89.1 cm³/mol. The van der Waals surface area contributed by atoms with E-state index in [0.29, 0.717) is 11.5 Å². The van der Waals surface area contributed by atoms with Gasteiger partial charge in [0.05, 0.1) is 12.0 Å². The van der Waals surface area contributed by atoms with E-state index in [0.717, 1.165) is 17.7 Å². The summed E-state index contributed by atoms with van der Waals surface area (Å²) in [7, 11) is -1.63. The van der Waals surface area contributed by atoms with Crippen LogP contribution >= 0.6 is 0 Å². The minimum Gasteiger partial charge on any atom is -0.497 e. The highest BCUT2D eigenvalue weighted by molar-refractivity contribution is 7.90. The molecule has 0 saturated carbocycles. The van der Waals surface area contributed by atoms with Gasteiger partial charge in [0.1, 0.15) is 5.75 Å². The van der Waals surface area contributed by atoms with Crippen molar-refractivity contribution in [3.8, 4) is 17.2 Å². The first-order chi connectivity index (χ1) is 11.5. The molecule has 1 heterocycles. The van der Waals surface area contributed by atoms with E-state index in [1.165, 1.54) is 12.1 Å². The number of aromatic nitrogens is 2. The van der Waals surface area contributed by atoms with E-state index in [2.05, 4.69) is 15.5 Å². The van der Waals surface area contributed by atoms with Crippen LogP contribution in [0.25, 0.3) is 11.5 Å². The summed E-state index contributed by atoms with van der Waals surface area (Å²) < 4.78 is 33.6. The average molecular weight is 345 g/mol. The number of hydrogen-bond acceptors (Lipinski definition) is 7. The minimum absolute atomic E-state index is 0.238. The van der Waals surface area contributed by atoms with Crippen LogP contribution in [0.2, 0.25) is 0 Å². The number of hydrogen-bond donors (Lipinski definition) is 1. The van der Waals surface area contributed by atoms with E-state index >= 15 is 0 Å². The third kappa shape index (κ3) is 3.54. The van der Waals surface area contributed by atoms with Gasteiger partial charge in [0.25, 0.3) is 0 Å². The lowest BCUT2D eigenvalue weighted by Gasteiger charge is -2.03. The molecule has 24 heavy (non-hydrogen) atoms. The third-order valence-corrected chi connectivity index (χ3v) is 4.42. The molecule has 0 spiro atoms. The molecule has 3 rings (SSSR count). The van der Waals surface area contributed by atoms with Crippen molar-refractivity contribution in [3.63, 3.8) is 0 Å². The summed E-state index contributed by atoms with van der Waals surface area (Å²) in [6.07, 6.45) is 1.16. The van der Waals surface area contributed by atoms with E-state index in [-0.39, 0.29) is 10.9 Å². The molecule has 0 fully saturated rings. The van der Waals surface area contributed by atoms with Crippen molar-refractivity contribution in [2.45, 2.75) is 4.90 Å². The fraction of sp³-hybridized carbons (Fsp3) is 0.125. The lowest BCUT2D eigenvalue weighted by molar-refractivity contribution is 0.415. The van der Waals surface area contributed by atoms with Crippen molar-refractivity contribution < 1.29 is 17.6 Å². The largest absolute Gasteiger partial charge is 0.497 e. The summed E-state index contributed by atoms with van der Waals surface area (Å²) in [5, 5.41) is 10.9. The molecule has 1 N–H and O–H groups in total. The van der Waals surface area contributed by atoms with Crippen molar-refractivity contribution in [2.75, 3.05) is 18.7 Å². The summed E-state index contributed by atoms with van der Waals surface area (Å²) in [5.74, 6) is 1.05. The topological polar surface area (TPSA) is 94.3 Å². The second-order valence-corrected chi connectivity index (χ2v) is 7.08. The number of methoxy groups -OCH3 is 1. The molecule has 8 heteroatoms. The predicted octanol–water partition coefficient (Wildman–Crippen LogP) is 2.89. The zero-order valence-electron chi connectivity index (χ0n) is 13.1. The summed E-state index contributed by atoms with van der Waals surface area (Å²) in [4.78, 5) is 0.238. The number of anilines is 2. The Kier molecular flexibility index (Phi) is 4.22. The SMILES string of the molecule is COc1ccc(Nc2nnc(-c3ccc(S(C)(=O)=O)cc3)o2)cc1. The lowest BCUT2D eigenvalue weighted by Crippen LogP contribution is -1.96. The summed E-state index contributed by atoms with van der Waals surface area (Å²) in [6, 6.07) is 13.8. The van der Waals surface area contributed by atoms with Gasteiger partial charge in [-0.05, 0) is 48.5 Å². The zero-order valence-corrected chi connectivity index (χ0v) is 13.9. The first-order valence-corrected chi connectivity index (χ1v) is 8.90. The number of ether oxygens (including phenoxy) is 1. The molecular formula is C16H15N3O4S. The smallest absolute Gasteiger partial charge is 0.320 e. The molecule has 0 saturated heterocycles. The van der Waals surface area contributed by atoms with Crippen LogP contribution < -0.4 is 10.1 Å². The van der Waals surface area contributed by atoms with Crippen molar-refractivity contribution >= 4 is 21.5 Å². The first-order valence-electron chi connectivity index (χ1n) is 7.01. The molecule has 2 aromatic carbocycles. The second kappa shape index (κ2) is 6.32. The summed E-state index contributed by atoms with van der Waals surface area (Å²) in [5.41, 5.74) is 1.41. The Morgan fingerprint density at radius 1 is 1.00 bits per heavy atom. The van der Waals surface area contributed by atoms with Crippen molar-refractivity contribution in [1.29, 1.82) is 0 Å². The van der Waals surface area contributed by atoms with Gasteiger partial charge in [0.15, 0.2) is 9.84 Å². The second-order valence-electron chi connectivity index (χ2n) is 5.06. The highest BCUT2D eigenvalue weighted by Crippen LogP contribution is 2.24. The molecule has 0 aliphatic rings. The van der Waals surface area contributed by atoms with Gasteiger partial charge < -0.3 is 14.5 Å². The van der Waals surface area contributed by atoms with Crippen LogP contribution in [-0.4, -0.2) is 32.0 Å². The van der Waals surface area contributed by atoms with Crippen LogP contribution in [-0.2, 0) is 9.84 Å².